The zero-order valence-electron chi connectivity index (χ0n) is 27.1. The molecular weight excluding hydrogens is 514 g/mol. The van der Waals surface area contributed by atoms with Crippen molar-refractivity contribution in [2.75, 3.05) is 6.54 Å². The van der Waals surface area contributed by atoms with Gasteiger partial charge in [-0.1, -0.05) is 54.9 Å². The summed E-state index contributed by atoms with van der Waals surface area (Å²) in [5, 5.41) is 52.7. The molecule has 5 aliphatic rings. The summed E-state index contributed by atoms with van der Waals surface area (Å²) in [6.07, 6.45) is 6.79. The monoisotopic (exact) mass is 577 g/mol. The molecule has 5 aliphatic carbocycles. The van der Waals surface area contributed by atoms with Gasteiger partial charge in [0.25, 0.3) is 0 Å². The number of fused-ring (bicyclic) bond motifs is 7. The lowest BCUT2D eigenvalue weighted by molar-refractivity contribution is -0.242. The third-order valence-electron chi connectivity index (χ3n) is 15.7. The van der Waals surface area contributed by atoms with Gasteiger partial charge in [-0.3, -0.25) is 0 Å². The number of rotatable bonds is 7. The smallest absolute Gasteiger partial charge is 0.111 e. The van der Waals surface area contributed by atoms with Crippen LogP contribution in [0.5, 0.6) is 0 Å². The molecule has 5 rings (SSSR count). The Kier molecular flexibility index (Phi) is 8.38. The molecule has 0 aromatic rings. The summed E-state index contributed by atoms with van der Waals surface area (Å²) in [7, 11) is 0. The maximum atomic E-state index is 11.2. The van der Waals surface area contributed by atoms with E-state index in [0.717, 1.165) is 31.1 Å². The first kappa shape index (κ1) is 32.2. The molecule has 0 aliphatic heterocycles. The van der Waals surface area contributed by atoms with Crippen molar-refractivity contribution in [2.24, 2.45) is 68.3 Å². The van der Waals surface area contributed by atoms with E-state index in [1.165, 1.54) is 51.4 Å². The minimum atomic E-state index is -1.65. The molecule has 0 aromatic carbocycles. The van der Waals surface area contributed by atoms with Crippen molar-refractivity contribution in [3.63, 3.8) is 0 Å². The van der Waals surface area contributed by atoms with Crippen molar-refractivity contribution >= 4 is 0 Å². The van der Waals surface area contributed by atoms with Crippen molar-refractivity contribution in [1.82, 2.24) is 0 Å². The van der Waals surface area contributed by atoms with Gasteiger partial charge in [0.1, 0.15) is 18.3 Å². The maximum Gasteiger partial charge on any atom is 0.111 e. The predicted octanol–water partition coefficient (Wildman–Crippen LogP) is 4.88. The van der Waals surface area contributed by atoms with Crippen molar-refractivity contribution in [3.05, 3.63) is 0 Å². The highest BCUT2D eigenvalue weighted by Gasteiger charge is 2.70. The van der Waals surface area contributed by atoms with E-state index in [1.54, 1.807) is 0 Å². The Bertz CT molecular complexity index is 959. The Labute approximate surface area is 249 Å². The average molecular weight is 578 g/mol. The average Bonchev–Trinajstić information content (AvgIpc) is 3.27. The highest BCUT2D eigenvalue weighted by Crippen LogP contribution is 2.78. The molecule has 0 saturated heterocycles. The van der Waals surface area contributed by atoms with Crippen LogP contribution in [0.25, 0.3) is 0 Å². The van der Waals surface area contributed by atoms with Crippen LogP contribution in [-0.4, -0.2) is 62.6 Å². The molecule has 0 amide bonds. The van der Waals surface area contributed by atoms with Crippen LogP contribution in [0.4, 0.5) is 0 Å². The standard InChI is InChI=1S/C35H63NO5/c1-20(27(38)29(40)30(41)28(39)23(37)19-36)21-11-16-32(4)22(21)12-17-34(6)25(32)9-10-26-33(5)15-8-14-31(2,3)24(33)13-18-35(26,34)7/h20-30,37-41H,8-19,36H2,1-7H3/t20?,21-,22+,23+,24+,25-,26-,27-,28+,29-,30+,32+,33+,34-,35-/m1/s1. The molecular formula is C35H63NO5. The number of hydrogen-bond donors (Lipinski definition) is 6. The van der Waals surface area contributed by atoms with E-state index in [1.807, 2.05) is 6.92 Å². The van der Waals surface area contributed by atoms with Gasteiger partial charge in [0, 0.05) is 6.54 Å². The SMILES string of the molecule is CC([C@@H](O)[C@@H](O)[C@@H](O)[C@@H](O)[C@@H](O)CN)[C@H]1CC[C@]2(C)[C@H]3CC[C@@H]4[C@@]5(C)CCCC(C)(C)[C@@H]5CC[C@@]4(C)[C@]3(C)CC[C@@H]12. The second kappa shape index (κ2) is 10.7. The minimum Gasteiger partial charge on any atom is -0.390 e. The molecule has 15 atom stereocenters. The Balaban J connectivity index is 1.36. The molecule has 6 nitrogen and oxygen atoms in total. The molecule has 1 unspecified atom stereocenters. The molecule has 0 heterocycles. The van der Waals surface area contributed by atoms with E-state index in [-0.39, 0.29) is 23.8 Å². The summed E-state index contributed by atoms with van der Waals surface area (Å²) < 4.78 is 0. The number of aliphatic hydroxyl groups is 5. The topological polar surface area (TPSA) is 127 Å². The van der Waals surface area contributed by atoms with E-state index in [0.29, 0.717) is 33.5 Å². The summed E-state index contributed by atoms with van der Waals surface area (Å²) in [5.74, 6) is 2.81. The van der Waals surface area contributed by atoms with Gasteiger partial charge in [0.05, 0.1) is 12.2 Å². The van der Waals surface area contributed by atoms with Gasteiger partial charge >= 0.3 is 0 Å². The van der Waals surface area contributed by atoms with E-state index in [4.69, 9.17) is 5.73 Å². The Hall–Kier alpha value is -0.240. The zero-order chi connectivity index (χ0) is 30.3. The molecule has 0 bridgehead atoms. The van der Waals surface area contributed by atoms with Gasteiger partial charge in [0.2, 0.25) is 0 Å². The van der Waals surface area contributed by atoms with E-state index in [2.05, 4.69) is 41.5 Å². The summed E-state index contributed by atoms with van der Waals surface area (Å²) in [4.78, 5) is 0. The Morgan fingerprint density at radius 3 is 1.78 bits per heavy atom. The van der Waals surface area contributed by atoms with Crippen LogP contribution in [0.3, 0.4) is 0 Å². The van der Waals surface area contributed by atoms with Crippen LogP contribution >= 0.6 is 0 Å². The molecule has 0 spiro atoms. The lowest BCUT2D eigenvalue weighted by atomic mass is 9.32. The lowest BCUT2D eigenvalue weighted by Crippen LogP contribution is -2.65. The van der Waals surface area contributed by atoms with Crippen LogP contribution < -0.4 is 5.73 Å². The molecule has 0 aromatic heterocycles. The Morgan fingerprint density at radius 2 is 1.17 bits per heavy atom. The highest BCUT2D eigenvalue weighted by molar-refractivity contribution is 5.19. The van der Waals surface area contributed by atoms with Gasteiger partial charge in [-0.2, -0.15) is 0 Å². The first-order valence-corrected chi connectivity index (χ1v) is 17.1. The summed E-state index contributed by atoms with van der Waals surface area (Å²) >= 11 is 0. The summed E-state index contributed by atoms with van der Waals surface area (Å²) in [6.45, 7) is 17.4. The number of nitrogens with two attached hydrogens (primary N) is 1. The summed E-state index contributed by atoms with van der Waals surface area (Å²) in [5.41, 5.74) is 7.20. The predicted molar refractivity (Wildman–Crippen MR) is 163 cm³/mol. The zero-order valence-corrected chi connectivity index (χ0v) is 27.1. The quantitative estimate of drug-likeness (QED) is 0.256. The van der Waals surface area contributed by atoms with Crippen LogP contribution in [0.1, 0.15) is 119 Å². The first-order valence-electron chi connectivity index (χ1n) is 17.1. The fourth-order valence-corrected chi connectivity index (χ4v) is 13.3. The van der Waals surface area contributed by atoms with Gasteiger partial charge in [-0.15, -0.1) is 0 Å². The molecule has 7 N–H and O–H groups in total. The van der Waals surface area contributed by atoms with Gasteiger partial charge < -0.3 is 31.3 Å². The van der Waals surface area contributed by atoms with Crippen molar-refractivity contribution < 1.29 is 25.5 Å². The van der Waals surface area contributed by atoms with Crippen LogP contribution in [-0.2, 0) is 0 Å². The van der Waals surface area contributed by atoms with Gasteiger partial charge in [-0.05, 0) is 127 Å². The maximum absolute atomic E-state index is 11.2. The van der Waals surface area contributed by atoms with Crippen LogP contribution in [0.2, 0.25) is 0 Å². The lowest BCUT2D eigenvalue weighted by Gasteiger charge is -2.73. The minimum absolute atomic E-state index is 0.210. The van der Waals surface area contributed by atoms with E-state index >= 15 is 0 Å². The largest absolute Gasteiger partial charge is 0.390 e. The Morgan fingerprint density at radius 1 is 0.610 bits per heavy atom. The molecule has 5 fully saturated rings. The fourth-order valence-electron chi connectivity index (χ4n) is 13.3. The van der Waals surface area contributed by atoms with Crippen molar-refractivity contribution in [1.29, 1.82) is 0 Å². The molecule has 41 heavy (non-hydrogen) atoms. The van der Waals surface area contributed by atoms with Crippen LogP contribution in [0.15, 0.2) is 0 Å². The van der Waals surface area contributed by atoms with Crippen molar-refractivity contribution in [3.8, 4) is 0 Å². The third kappa shape index (κ3) is 4.54. The molecule has 6 heteroatoms. The van der Waals surface area contributed by atoms with E-state index < -0.39 is 30.5 Å². The van der Waals surface area contributed by atoms with Crippen LogP contribution in [0, 0.1) is 62.6 Å². The number of aliphatic hydroxyl groups excluding tert-OH is 5. The third-order valence-corrected chi connectivity index (χ3v) is 15.7. The second-order valence-corrected chi connectivity index (χ2v) is 17.4. The highest BCUT2D eigenvalue weighted by atomic mass is 16.4. The molecule has 5 saturated carbocycles. The van der Waals surface area contributed by atoms with E-state index in [9.17, 15) is 25.5 Å². The second-order valence-electron chi connectivity index (χ2n) is 17.4. The fraction of sp³-hybridized carbons (Fsp3) is 1.00. The van der Waals surface area contributed by atoms with Crippen molar-refractivity contribution in [2.45, 2.75) is 150 Å². The first-order chi connectivity index (χ1) is 19.0. The van der Waals surface area contributed by atoms with Gasteiger partial charge in [-0.25, -0.2) is 0 Å². The molecule has 238 valence electrons. The number of hydrogen-bond acceptors (Lipinski definition) is 6. The van der Waals surface area contributed by atoms with Gasteiger partial charge in [0.15, 0.2) is 0 Å². The summed E-state index contributed by atoms with van der Waals surface area (Å²) in [6, 6.07) is 0. The normalized spacial score (nSPS) is 49.8. The molecule has 0 radical (unpaired) electrons.